The highest BCUT2D eigenvalue weighted by Gasteiger charge is 2.28. The van der Waals surface area contributed by atoms with E-state index in [1.807, 2.05) is 30.3 Å². The summed E-state index contributed by atoms with van der Waals surface area (Å²) in [7, 11) is 0. The Labute approximate surface area is 183 Å². The van der Waals surface area contributed by atoms with Gasteiger partial charge in [-0.15, -0.1) is 0 Å². The predicted molar refractivity (Wildman–Crippen MR) is 118 cm³/mol. The Morgan fingerprint density at radius 3 is 2.40 bits per heavy atom. The van der Waals surface area contributed by atoms with Crippen LogP contribution in [0.4, 0.5) is 0 Å². The van der Waals surface area contributed by atoms with E-state index in [0.717, 1.165) is 31.2 Å². The monoisotopic (exact) mass is 428 g/mol. The molecule has 2 amide bonds. The molecule has 1 saturated carbocycles. The van der Waals surface area contributed by atoms with Crippen LogP contribution in [0.25, 0.3) is 0 Å². The van der Waals surface area contributed by atoms with Crippen molar-refractivity contribution in [2.45, 2.75) is 57.7 Å². The van der Waals surface area contributed by atoms with Gasteiger partial charge in [-0.05, 0) is 49.6 Å². The molecule has 0 unspecified atom stereocenters. The van der Waals surface area contributed by atoms with E-state index < -0.39 is 6.04 Å². The highest BCUT2D eigenvalue weighted by Crippen LogP contribution is 2.19. The minimum atomic E-state index is -0.589. The fourth-order valence-corrected chi connectivity index (χ4v) is 3.82. The molecule has 2 aromatic carbocycles. The molecule has 0 aromatic heterocycles. The van der Waals surface area contributed by atoms with Crippen molar-refractivity contribution in [2.75, 3.05) is 6.61 Å². The number of carbonyl (C=O) groups excluding carboxylic acids is 2. The smallest absolute Gasteiger partial charge is 0.261 e. The van der Waals surface area contributed by atoms with Crippen LogP contribution < -0.4 is 10.1 Å². The molecule has 2 aromatic rings. The number of hydrogen-bond donors (Lipinski definition) is 1. The predicted octanol–water partition coefficient (Wildman–Crippen LogP) is 4.59. The maximum absolute atomic E-state index is 13.0. The van der Waals surface area contributed by atoms with E-state index in [9.17, 15) is 9.59 Å². The van der Waals surface area contributed by atoms with E-state index in [1.54, 1.807) is 36.1 Å². The van der Waals surface area contributed by atoms with Gasteiger partial charge in [0, 0.05) is 17.6 Å². The van der Waals surface area contributed by atoms with Crippen molar-refractivity contribution in [1.82, 2.24) is 10.2 Å². The van der Waals surface area contributed by atoms with E-state index in [-0.39, 0.29) is 24.5 Å². The summed E-state index contributed by atoms with van der Waals surface area (Å²) in [5.74, 6) is 0.212. The molecule has 1 fully saturated rings. The molecule has 3 rings (SSSR count). The zero-order chi connectivity index (χ0) is 21.3. The Morgan fingerprint density at radius 2 is 1.73 bits per heavy atom. The van der Waals surface area contributed by atoms with Crippen LogP contribution in [-0.4, -0.2) is 35.4 Å². The number of carbonyl (C=O) groups is 2. The lowest BCUT2D eigenvalue weighted by Gasteiger charge is -2.31. The van der Waals surface area contributed by atoms with E-state index in [0.29, 0.717) is 17.3 Å². The maximum Gasteiger partial charge on any atom is 0.261 e. The molecule has 0 radical (unpaired) electrons. The lowest BCUT2D eigenvalue weighted by molar-refractivity contribution is -0.142. The van der Waals surface area contributed by atoms with E-state index in [4.69, 9.17) is 16.3 Å². The Bertz CT molecular complexity index is 820. The number of hydrogen-bond acceptors (Lipinski definition) is 3. The number of nitrogens with one attached hydrogen (secondary N) is 1. The molecule has 1 N–H and O–H groups in total. The third kappa shape index (κ3) is 6.49. The van der Waals surface area contributed by atoms with Crippen LogP contribution in [0.5, 0.6) is 5.75 Å². The molecule has 1 atom stereocenters. The molecule has 0 heterocycles. The fraction of sp³-hybridized carbons (Fsp3) is 0.417. The molecule has 0 bridgehead atoms. The second kappa shape index (κ2) is 11.0. The van der Waals surface area contributed by atoms with Gasteiger partial charge in [0.25, 0.3) is 5.91 Å². The van der Waals surface area contributed by atoms with Gasteiger partial charge in [0.1, 0.15) is 11.8 Å². The van der Waals surface area contributed by atoms with Crippen LogP contribution in [0, 0.1) is 0 Å². The summed E-state index contributed by atoms with van der Waals surface area (Å²) in [6.07, 6.45) is 5.51. The van der Waals surface area contributed by atoms with Crippen LogP contribution in [-0.2, 0) is 16.1 Å². The molecule has 1 aliphatic rings. The molecule has 0 saturated heterocycles. The Kier molecular flexibility index (Phi) is 8.14. The topological polar surface area (TPSA) is 58.6 Å². The highest BCUT2D eigenvalue weighted by molar-refractivity contribution is 6.30. The normalized spacial score (nSPS) is 15.3. The summed E-state index contributed by atoms with van der Waals surface area (Å²) >= 11 is 5.90. The molecule has 5 nitrogen and oxygen atoms in total. The number of rotatable bonds is 8. The standard InChI is InChI=1S/C24H29ClN2O3/c1-18(24(29)26-21-10-6-3-7-11-21)27(16-19-8-4-2-5-9-19)23(28)17-30-22-14-12-20(25)13-15-22/h2,4-5,8-9,12-15,18,21H,3,6-7,10-11,16-17H2,1H3,(H,26,29)/t18-/m0/s1. The Morgan fingerprint density at radius 1 is 1.07 bits per heavy atom. The third-order valence-corrected chi connectivity index (χ3v) is 5.74. The summed E-state index contributed by atoms with van der Waals surface area (Å²) in [6.45, 7) is 1.99. The SMILES string of the molecule is C[C@@H](C(=O)NC1CCCCC1)N(Cc1ccccc1)C(=O)COc1ccc(Cl)cc1. The van der Waals surface area contributed by atoms with E-state index in [2.05, 4.69) is 5.32 Å². The van der Waals surface area contributed by atoms with E-state index in [1.165, 1.54) is 6.42 Å². The van der Waals surface area contributed by atoms with Gasteiger partial charge in [-0.25, -0.2) is 0 Å². The zero-order valence-electron chi connectivity index (χ0n) is 17.4. The van der Waals surface area contributed by atoms with Gasteiger partial charge in [-0.2, -0.15) is 0 Å². The van der Waals surface area contributed by atoms with Crippen molar-refractivity contribution < 1.29 is 14.3 Å². The van der Waals surface area contributed by atoms with Gasteiger partial charge in [0.15, 0.2) is 6.61 Å². The van der Waals surface area contributed by atoms with Crippen molar-refractivity contribution in [3.8, 4) is 5.75 Å². The van der Waals surface area contributed by atoms with Crippen LogP contribution in [0.1, 0.15) is 44.6 Å². The van der Waals surface area contributed by atoms with Crippen molar-refractivity contribution in [1.29, 1.82) is 0 Å². The summed E-state index contributed by atoms with van der Waals surface area (Å²) in [5.41, 5.74) is 0.967. The lowest BCUT2D eigenvalue weighted by atomic mass is 9.95. The summed E-state index contributed by atoms with van der Waals surface area (Å²) in [6, 6.07) is 16.2. The van der Waals surface area contributed by atoms with Gasteiger partial charge >= 0.3 is 0 Å². The largest absolute Gasteiger partial charge is 0.484 e. The van der Waals surface area contributed by atoms with Crippen molar-refractivity contribution in [3.05, 3.63) is 65.2 Å². The van der Waals surface area contributed by atoms with E-state index >= 15 is 0 Å². The van der Waals surface area contributed by atoms with Crippen molar-refractivity contribution >= 4 is 23.4 Å². The highest BCUT2D eigenvalue weighted by atomic mass is 35.5. The lowest BCUT2D eigenvalue weighted by Crippen LogP contribution is -2.51. The van der Waals surface area contributed by atoms with Crippen LogP contribution >= 0.6 is 11.6 Å². The van der Waals surface area contributed by atoms with Gasteiger partial charge < -0.3 is 15.0 Å². The van der Waals surface area contributed by atoms with Gasteiger partial charge in [0.05, 0.1) is 0 Å². The van der Waals surface area contributed by atoms with Crippen LogP contribution in [0.15, 0.2) is 54.6 Å². The number of benzene rings is 2. The van der Waals surface area contributed by atoms with Gasteiger partial charge in [-0.3, -0.25) is 9.59 Å². The molecular formula is C24H29ClN2O3. The van der Waals surface area contributed by atoms with Crippen LogP contribution in [0.2, 0.25) is 5.02 Å². The Hall–Kier alpha value is -2.53. The molecule has 6 heteroatoms. The first kappa shape index (κ1) is 22.2. The molecule has 0 aliphatic heterocycles. The molecule has 30 heavy (non-hydrogen) atoms. The van der Waals surface area contributed by atoms with Gasteiger partial charge in [-0.1, -0.05) is 61.2 Å². The quantitative estimate of drug-likeness (QED) is 0.669. The summed E-state index contributed by atoms with van der Waals surface area (Å²) < 4.78 is 5.64. The van der Waals surface area contributed by atoms with Crippen molar-refractivity contribution in [3.63, 3.8) is 0 Å². The third-order valence-electron chi connectivity index (χ3n) is 5.49. The number of amides is 2. The number of nitrogens with zero attached hydrogens (tertiary/aromatic N) is 1. The average Bonchev–Trinajstić information content (AvgIpc) is 2.78. The minimum absolute atomic E-state index is 0.113. The van der Waals surface area contributed by atoms with Gasteiger partial charge in [0.2, 0.25) is 5.91 Å². The molecule has 1 aliphatic carbocycles. The second-order valence-electron chi connectivity index (χ2n) is 7.77. The summed E-state index contributed by atoms with van der Waals surface area (Å²) in [5, 5.41) is 3.74. The molecule has 0 spiro atoms. The molecule has 160 valence electrons. The maximum atomic E-state index is 13.0. The summed E-state index contributed by atoms with van der Waals surface area (Å²) in [4.78, 5) is 27.5. The fourth-order valence-electron chi connectivity index (χ4n) is 3.69. The second-order valence-corrected chi connectivity index (χ2v) is 8.21. The Balaban J connectivity index is 1.67. The van der Waals surface area contributed by atoms with Crippen LogP contribution in [0.3, 0.4) is 0 Å². The molecular weight excluding hydrogens is 400 g/mol. The average molecular weight is 429 g/mol. The number of halogens is 1. The number of ether oxygens (including phenoxy) is 1. The first-order chi connectivity index (χ1) is 14.5. The minimum Gasteiger partial charge on any atom is -0.484 e. The zero-order valence-corrected chi connectivity index (χ0v) is 18.1. The first-order valence-electron chi connectivity index (χ1n) is 10.5. The van der Waals surface area contributed by atoms with Crippen molar-refractivity contribution in [2.24, 2.45) is 0 Å². The first-order valence-corrected chi connectivity index (χ1v) is 10.9.